The highest BCUT2D eigenvalue weighted by Crippen LogP contribution is 2.25. The zero-order valence-electron chi connectivity index (χ0n) is 12.8. The summed E-state index contributed by atoms with van der Waals surface area (Å²) in [5, 5.41) is 8.10. The molecule has 0 amide bonds. The van der Waals surface area contributed by atoms with E-state index in [-0.39, 0.29) is 0 Å². The van der Waals surface area contributed by atoms with Gasteiger partial charge in [-0.05, 0) is 19.4 Å². The molecule has 6 nitrogen and oxygen atoms in total. The van der Waals surface area contributed by atoms with Gasteiger partial charge in [0.25, 0.3) is 0 Å². The lowest BCUT2D eigenvalue weighted by Crippen LogP contribution is -2.07. The highest BCUT2D eigenvalue weighted by Gasteiger charge is 2.09. The number of aryl methyl sites for hydroxylation is 1. The Kier molecular flexibility index (Phi) is 5.16. The summed E-state index contributed by atoms with van der Waals surface area (Å²) in [4.78, 5) is 0. The van der Waals surface area contributed by atoms with E-state index in [9.17, 15) is 0 Å². The number of hydrogen-bond acceptors (Lipinski definition) is 5. The van der Waals surface area contributed by atoms with Gasteiger partial charge in [-0.15, -0.1) is 10.2 Å². The Morgan fingerprint density at radius 3 is 2.67 bits per heavy atom. The van der Waals surface area contributed by atoms with Crippen LogP contribution < -0.4 is 15.2 Å². The molecule has 0 radical (unpaired) electrons. The Hall–Kier alpha value is -2.08. The Morgan fingerprint density at radius 2 is 2.05 bits per heavy atom. The van der Waals surface area contributed by atoms with Gasteiger partial charge in [0.15, 0.2) is 5.82 Å². The first-order chi connectivity index (χ1) is 10.2. The van der Waals surface area contributed by atoms with Crippen molar-refractivity contribution in [1.29, 1.82) is 0 Å². The van der Waals surface area contributed by atoms with Crippen molar-refractivity contribution in [3.05, 3.63) is 35.4 Å². The first kappa shape index (κ1) is 15.3. The molecule has 0 atom stereocenters. The second-order valence-corrected chi connectivity index (χ2v) is 4.83. The smallest absolute Gasteiger partial charge is 0.170 e. The van der Waals surface area contributed by atoms with E-state index in [2.05, 4.69) is 17.1 Å². The molecule has 2 rings (SSSR count). The molecule has 0 aliphatic rings. The van der Waals surface area contributed by atoms with Gasteiger partial charge < -0.3 is 19.8 Å². The lowest BCUT2D eigenvalue weighted by molar-refractivity contribution is 0.281. The second kappa shape index (κ2) is 7.08. The van der Waals surface area contributed by atoms with Crippen LogP contribution in [0.1, 0.15) is 30.6 Å². The van der Waals surface area contributed by atoms with Crippen LogP contribution in [-0.4, -0.2) is 21.4 Å². The number of nitrogens with zero attached hydrogens (tertiary/aromatic N) is 3. The molecule has 0 fully saturated rings. The van der Waals surface area contributed by atoms with E-state index in [0.29, 0.717) is 19.8 Å². The number of rotatable bonds is 7. The minimum Gasteiger partial charge on any atom is -0.493 e. The summed E-state index contributed by atoms with van der Waals surface area (Å²) in [5.74, 6) is 3.15. The highest BCUT2D eigenvalue weighted by atomic mass is 16.5. The van der Waals surface area contributed by atoms with Crippen LogP contribution in [0.4, 0.5) is 0 Å². The molecule has 0 bridgehead atoms. The zero-order chi connectivity index (χ0) is 15.2. The van der Waals surface area contributed by atoms with Crippen LogP contribution in [0.5, 0.6) is 11.5 Å². The molecule has 2 N–H and O–H groups in total. The Bertz CT molecular complexity index is 595. The molecule has 0 unspecified atom stereocenters. The molecule has 1 heterocycles. The van der Waals surface area contributed by atoms with Crippen LogP contribution in [-0.2, 0) is 20.2 Å². The molecule has 0 spiro atoms. The third-order valence-electron chi connectivity index (χ3n) is 3.27. The van der Waals surface area contributed by atoms with E-state index in [4.69, 9.17) is 15.2 Å². The summed E-state index contributed by atoms with van der Waals surface area (Å²) in [6.45, 7) is 5.43. The van der Waals surface area contributed by atoms with Crippen LogP contribution in [0.15, 0.2) is 18.2 Å². The molecule has 0 saturated heterocycles. The van der Waals surface area contributed by atoms with Crippen LogP contribution in [0.25, 0.3) is 0 Å². The van der Waals surface area contributed by atoms with Crippen molar-refractivity contribution in [1.82, 2.24) is 14.8 Å². The monoisotopic (exact) mass is 290 g/mol. The molecule has 21 heavy (non-hydrogen) atoms. The SMILES string of the molecule is CCCOc1ccc(CN)c(OCc2nnc(C)n2C)c1. The molecule has 0 aliphatic carbocycles. The number of nitrogens with two attached hydrogens (primary N) is 1. The predicted octanol–water partition coefficient (Wildman–Crippen LogP) is 1.95. The Labute approximate surface area is 124 Å². The Morgan fingerprint density at radius 1 is 1.24 bits per heavy atom. The van der Waals surface area contributed by atoms with Gasteiger partial charge in [-0.2, -0.15) is 0 Å². The highest BCUT2D eigenvalue weighted by molar-refractivity contribution is 5.40. The minimum atomic E-state index is 0.349. The average molecular weight is 290 g/mol. The van der Waals surface area contributed by atoms with Crippen molar-refractivity contribution in [2.75, 3.05) is 6.61 Å². The molecule has 0 saturated carbocycles. The van der Waals surface area contributed by atoms with Crippen molar-refractivity contribution in [3.63, 3.8) is 0 Å². The van der Waals surface area contributed by atoms with Gasteiger partial charge in [-0.3, -0.25) is 0 Å². The summed E-state index contributed by atoms with van der Waals surface area (Å²) in [5.41, 5.74) is 6.69. The maximum atomic E-state index is 5.85. The summed E-state index contributed by atoms with van der Waals surface area (Å²) < 4.78 is 13.4. The third kappa shape index (κ3) is 3.72. The largest absolute Gasteiger partial charge is 0.493 e. The van der Waals surface area contributed by atoms with E-state index in [0.717, 1.165) is 35.1 Å². The van der Waals surface area contributed by atoms with Crippen LogP contribution in [0, 0.1) is 6.92 Å². The zero-order valence-corrected chi connectivity index (χ0v) is 12.8. The standard InChI is InChI=1S/C15H22N4O2/c1-4-7-20-13-6-5-12(9-16)14(8-13)21-10-15-18-17-11(2)19(15)3/h5-6,8H,4,7,9-10,16H2,1-3H3. The fourth-order valence-electron chi connectivity index (χ4n) is 1.87. The summed E-state index contributed by atoms with van der Waals surface area (Å²) >= 11 is 0. The van der Waals surface area contributed by atoms with E-state index in [1.165, 1.54) is 0 Å². The molecule has 114 valence electrons. The Balaban J connectivity index is 2.11. The molecular weight excluding hydrogens is 268 g/mol. The van der Waals surface area contributed by atoms with Crippen molar-refractivity contribution < 1.29 is 9.47 Å². The number of benzene rings is 1. The molecular formula is C15H22N4O2. The fourth-order valence-corrected chi connectivity index (χ4v) is 1.87. The van der Waals surface area contributed by atoms with E-state index in [1.807, 2.05) is 36.7 Å². The molecule has 1 aromatic carbocycles. The van der Waals surface area contributed by atoms with Gasteiger partial charge in [-0.25, -0.2) is 0 Å². The third-order valence-corrected chi connectivity index (χ3v) is 3.27. The minimum absolute atomic E-state index is 0.349. The average Bonchev–Trinajstić information content (AvgIpc) is 2.82. The second-order valence-electron chi connectivity index (χ2n) is 4.83. The van der Waals surface area contributed by atoms with Gasteiger partial charge >= 0.3 is 0 Å². The van der Waals surface area contributed by atoms with Crippen molar-refractivity contribution in [2.24, 2.45) is 12.8 Å². The molecule has 0 aliphatic heterocycles. The first-order valence-electron chi connectivity index (χ1n) is 7.09. The van der Waals surface area contributed by atoms with Crippen molar-refractivity contribution in [2.45, 2.75) is 33.4 Å². The summed E-state index contributed by atoms with van der Waals surface area (Å²) in [7, 11) is 1.92. The molecule has 2 aromatic rings. The van der Waals surface area contributed by atoms with Crippen molar-refractivity contribution >= 4 is 0 Å². The molecule has 6 heteroatoms. The van der Waals surface area contributed by atoms with E-state index < -0.39 is 0 Å². The molecule has 1 aromatic heterocycles. The topological polar surface area (TPSA) is 75.2 Å². The van der Waals surface area contributed by atoms with Gasteiger partial charge in [0.2, 0.25) is 0 Å². The normalized spacial score (nSPS) is 10.7. The van der Waals surface area contributed by atoms with Crippen molar-refractivity contribution in [3.8, 4) is 11.5 Å². The number of hydrogen-bond donors (Lipinski definition) is 1. The maximum Gasteiger partial charge on any atom is 0.170 e. The van der Waals surface area contributed by atoms with Gasteiger partial charge in [0, 0.05) is 25.2 Å². The number of aromatic nitrogens is 3. The van der Waals surface area contributed by atoms with Crippen LogP contribution in [0.2, 0.25) is 0 Å². The summed E-state index contributed by atoms with van der Waals surface area (Å²) in [6.07, 6.45) is 0.965. The van der Waals surface area contributed by atoms with Crippen LogP contribution in [0.3, 0.4) is 0 Å². The van der Waals surface area contributed by atoms with E-state index in [1.54, 1.807) is 0 Å². The number of ether oxygens (including phenoxy) is 2. The fraction of sp³-hybridized carbons (Fsp3) is 0.467. The summed E-state index contributed by atoms with van der Waals surface area (Å²) in [6, 6.07) is 5.72. The van der Waals surface area contributed by atoms with E-state index >= 15 is 0 Å². The van der Waals surface area contributed by atoms with Gasteiger partial charge in [-0.1, -0.05) is 13.0 Å². The first-order valence-corrected chi connectivity index (χ1v) is 7.09. The quantitative estimate of drug-likeness (QED) is 0.843. The van der Waals surface area contributed by atoms with Gasteiger partial charge in [0.1, 0.15) is 23.9 Å². The van der Waals surface area contributed by atoms with Crippen LogP contribution >= 0.6 is 0 Å². The lowest BCUT2D eigenvalue weighted by atomic mass is 10.2. The lowest BCUT2D eigenvalue weighted by Gasteiger charge is -2.12. The maximum absolute atomic E-state index is 5.85. The predicted molar refractivity (Wildman–Crippen MR) is 80.2 cm³/mol. The van der Waals surface area contributed by atoms with Gasteiger partial charge in [0.05, 0.1) is 6.61 Å².